The molecule has 0 aliphatic heterocycles. The van der Waals surface area contributed by atoms with Crippen molar-refractivity contribution in [2.75, 3.05) is 6.54 Å². The zero-order chi connectivity index (χ0) is 20.2. The summed E-state index contributed by atoms with van der Waals surface area (Å²) < 4.78 is 27.9. The third-order valence-electron chi connectivity index (χ3n) is 4.57. The van der Waals surface area contributed by atoms with Crippen LogP contribution in [0.4, 0.5) is 8.63 Å². The highest BCUT2D eigenvalue weighted by Crippen LogP contribution is 2.36. The topological polar surface area (TPSA) is 55.7 Å². The number of nitrogens with zero attached hydrogens (tertiary/aromatic N) is 3. The minimum Gasteiger partial charge on any atom is -0.330 e. The molecule has 0 saturated carbocycles. The Bertz CT molecular complexity index is 1170. The van der Waals surface area contributed by atoms with Gasteiger partial charge in [0, 0.05) is 35.9 Å². The number of hydrogen-bond acceptors (Lipinski definition) is 3. The molecule has 0 fully saturated rings. The molecule has 1 aromatic heterocycles. The normalized spacial score (nSPS) is 12.1. The Morgan fingerprint density at radius 3 is 2.07 bits per heavy atom. The van der Waals surface area contributed by atoms with E-state index in [1.165, 1.54) is 12.3 Å². The van der Waals surface area contributed by atoms with Gasteiger partial charge in [-0.2, -0.15) is 0 Å². The van der Waals surface area contributed by atoms with Crippen molar-refractivity contribution < 1.29 is 8.63 Å². The van der Waals surface area contributed by atoms with Gasteiger partial charge in [-0.25, -0.2) is 0 Å². The molecular weight excluding hydrogens is 369 g/mol. The van der Waals surface area contributed by atoms with Crippen LogP contribution in [0.3, 0.4) is 0 Å². The summed E-state index contributed by atoms with van der Waals surface area (Å²) in [5.74, 6) is 5.67. The van der Waals surface area contributed by atoms with E-state index >= 15 is 0 Å². The first-order chi connectivity index (χ1) is 14.2. The van der Waals surface area contributed by atoms with Crippen LogP contribution in [-0.2, 0) is 0 Å². The zero-order valence-electron chi connectivity index (χ0n) is 15.5. The third kappa shape index (κ3) is 3.75. The van der Waals surface area contributed by atoms with Gasteiger partial charge < -0.3 is 10.2 Å². The second kappa shape index (κ2) is 8.25. The number of nitrogens with two attached hydrogens (primary N) is 1. The van der Waals surface area contributed by atoms with Gasteiger partial charge in [0.25, 0.3) is 0 Å². The minimum absolute atomic E-state index is 0.0544. The van der Waals surface area contributed by atoms with Crippen LogP contribution < -0.4 is 11.2 Å². The van der Waals surface area contributed by atoms with Crippen LogP contribution in [0.2, 0.25) is 0 Å². The highest BCUT2D eigenvalue weighted by Gasteiger charge is 2.24. The molecule has 3 aromatic rings. The van der Waals surface area contributed by atoms with Crippen molar-refractivity contribution in [2.24, 2.45) is 15.9 Å². The molecule has 2 aromatic carbocycles. The average molecular weight is 386 g/mol. The first-order valence-corrected chi connectivity index (χ1v) is 9.19. The van der Waals surface area contributed by atoms with Crippen LogP contribution in [-0.4, -0.2) is 24.1 Å². The molecule has 0 spiro atoms. The lowest BCUT2D eigenvalue weighted by molar-refractivity contribution is 0.618. The highest BCUT2D eigenvalue weighted by atomic mass is 19.2. The van der Waals surface area contributed by atoms with Gasteiger partial charge >= 0.3 is 7.40 Å². The van der Waals surface area contributed by atoms with Crippen molar-refractivity contribution in [3.8, 4) is 23.0 Å². The average Bonchev–Trinajstić information content (AvgIpc) is 3.07. The quantitative estimate of drug-likeness (QED) is 0.328. The number of halogens is 2. The van der Waals surface area contributed by atoms with Gasteiger partial charge in [0.15, 0.2) is 0 Å². The molecule has 1 aliphatic carbocycles. The highest BCUT2D eigenvalue weighted by molar-refractivity contribution is 6.40. The Morgan fingerprint density at radius 2 is 1.48 bits per heavy atom. The lowest BCUT2D eigenvalue weighted by Gasteiger charge is -2.03. The Kier molecular flexibility index (Phi) is 5.36. The van der Waals surface area contributed by atoms with Gasteiger partial charge in [-0.05, 0) is 23.3 Å². The van der Waals surface area contributed by atoms with Crippen molar-refractivity contribution in [1.29, 1.82) is 0 Å². The predicted octanol–water partition coefficient (Wildman–Crippen LogP) is 3.29. The van der Waals surface area contributed by atoms with Crippen molar-refractivity contribution in [3.63, 3.8) is 0 Å². The molecule has 0 unspecified atom stereocenters. The van der Waals surface area contributed by atoms with E-state index in [9.17, 15) is 8.63 Å². The number of benzene rings is 2. The molecule has 4 rings (SSSR count). The van der Waals surface area contributed by atoms with Crippen molar-refractivity contribution in [3.05, 3.63) is 89.0 Å². The van der Waals surface area contributed by atoms with E-state index < -0.39 is 7.40 Å². The summed E-state index contributed by atoms with van der Waals surface area (Å²) in [5, 5.41) is 8.51. The maximum Gasteiger partial charge on any atom is 0.678 e. The molecule has 0 saturated heterocycles. The summed E-state index contributed by atoms with van der Waals surface area (Å²) in [4.78, 5) is 0. The lowest BCUT2D eigenvalue weighted by Crippen LogP contribution is -2.29. The minimum atomic E-state index is -2.76. The van der Waals surface area contributed by atoms with Crippen LogP contribution in [0.1, 0.15) is 23.1 Å². The van der Waals surface area contributed by atoms with Gasteiger partial charge in [-0.3, -0.25) is 8.63 Å². The third-order valence-corrected chi connectivity index (χ3v) is 4.57. The lowest BCUT2D eigenvalue weighted by atomic mass is 10.1. The van der Waals surface area contributed by atoms with E-state index in [1.807, 2.05) is 48.5 Å². The molecule has 142 valence electrons. The Balaban J connectivity index is 1.81. The summed E-state index contributed by atoms with van der Waals surface area (Å²) >= 11 is 0. The summed E-state index contributed by atoms with van der Waals surface area (Å²) in [6.45, 7) is 0.426. The van der Waals surface area contributed by atoms with Gasteiger partial charge in [-0.1, -0.05) is 60.4 Å². The summed E-state index contributed by atoms with van der Waals surface area (Å²) in [6, 6.07) is 18.9. The SMILES string of the molecule is NCCC#Cc1cc/c(=N/N=C2c3ccccc3-c3ccccc32)n(B(F)F)c1. The van der Waals surface area contributed by atoms with E-state index in [-0.39, 0.29) is 5.49 Å². The second-order valence-corrected chi connectivity index (χ2v) is 6.44. The van der Waals surface area contributed by atoms with E-state index in [0.29, 0.717) is 24.2 Å². The van der Waals surface area contributed by atoms with Gasteiger partial charge in [-0.15, -0.1) is 10.2 Å². The molecule has 1 aliphatic rings. The number of aromatic nitrogens is 1. The molecule has 29 heavy (non-hydrogen) atoms. The van der Waals surface area contributed by atoms with E-state index in [0.717, 1.165) is 26.7 Å². The fourth-order valence-corrected chi connectivity index (χ4v) is 3.26. The summed E-state index contributed by atoms with van der Waals surface area (Å²) in [7, 11) is -2.76. The molecule has 2 N–H and O–H groups in total. The van der Waals surface area contributed by atoms with Crippen LogP contribution in [0, 0.1) is 11.8 Å². The zero-order valence-corrected chi connectivity index (χ0v) is 15.5. The molecule has 0 atom stereocenters. The van der Waals surface area contributed by atoms with E-state index in [1.54, 1.807) is 6.07 Å². The Hall–Kier alpha value is -3.50. The first kappa shape index (κ1) is 18.8. The molecule has 7 heteroatoms. The monoisotopic (exact) mass is 386 g/mol. The maximum absolute atomic E-state index is 13.6. The van der Waals surface area contributed by atoms with Gasteiger partial charge in [0.1, 0.15) is 11.2 Å². The largest absolute Gasteiger partial charge is 0.678 e. The Labute approximate surface area is 167 Å². The fourth-order valence-electron chi connectivity index (χ4n) is 3.26. The van der Waals surface area contributed by atoms with Crippen molar-refractivity contribution in [1.82, 2.24) is 4.48 Å². The van der Waals surface area contributed by atoms with Crippen LogP contribution in [0.15, 0.2) is 77.1 Å². The first-order valence-electron chi connectivity index (χ1n) is 9.19. The molecule has 0 amide bonds. The Morgan fingerprint density at radius 1 is 0.862 bits per heavy atom. The van der Waals surface area contributed by atoms with Crippen LogP contribution >= 0.6 is 0 Å². The molecule has 4 nitrogen and oxygen atoms in total. The fraction of sp³-hybridized carbons (Fsp3) is 0.0909. The summed E-state index contributed by atoms with van der Waals surface area (Å²) in [5.41, 5.74) is 10.6. The molecule has 0 radical (unpaired) electrons. The number of pyridine rings is 1. The van der Waals surface area contributed by atoms with Crippen LogP contribution in [0.25, 0.3) is 11.1 Å². The van der Waals surface area contributed by atoms with Gasteiger partial charge in [0.05, 0.1) is 0 Å². The van der Waals surface area contributed by atoms with Crippen molar-refractivity contribution in [2.45, 2.75) is 6.42 Å². The van der Waals surface area contributed by atoms with Gasteiger partial charge in [0.2, 0.25) is 0 Å². The smallest absolute Gasteiger partial charge is 0.330 e. The standard InChI is InChI=1S/C22H17BF2N4/c24-23(25)29-15-16(7-5-6-14-26)12-13-21(29)27-28-22-19-10-3-1-8-17(19)18-9-2-4-11-20(18)22/h1-4,8-13,15H,6,14,26H2/b27-21-. The van der Waals surface area contributed by atoms with Crippen molar-refractivity contribution >= 4 is 13.1 Å². The summed E-state index contributed by atoms with van der Waals surface area (Å²) in [6.07, 6.45) is 1.79. The number of rotatable bonds is 3. The molecular formula is C22H17BF2N4. The predicted molar refractivity (Wildman–Crippen MR) is 111 cm³/mol. The molecule has 0 bridgehead atoms. The number of hydrogen-bond donors (Lipinski definition) is 1. The molecule has 1 heterocycles. The van der Waals surface area contributed by atoms with Crippen LogP contribution in [0.5, 0.6) is 0 Å². The maximum atomic E-state index is 13.6. The second-order valence-electron chi connectivity index (χ2n) is 6.44. The number of fused-ring (bicyclic) bond motifs is 3. The van der Waals surface area contributed by atoms with E-state index in [2.05, 4.69) is 22.0 Å². The van der Waals surface area contributed by atoms with E-state index in [4.69, 9.17) is 5.73 Å².